The average Bonchev–Trinajstić information content (AvgIpc) is 3.14. The number of hydrogen-bond donors (Lipinski definition) is 2. The lowest BCUT2D eigenvalue weighted by molar-refractivity contribution is 0.0958. The molecule has 154 valence electrons. The van der Waals surface area contributed by atoms with Crippen LogP contribution in [0.1, 0.15) is 27.4 Å². The Morgan fingerprint density at radius 1 is 1.13 bits per heavy atom. The number of carbonyl (C=O) groups is 1. The number of nitrogens with zero attached hydrogens (tertiary/aromatic N) is 1. The number of carbonyl (C=O) groups excluding carboxylic acids is 1. The molecule has 2 N–H and O–H groups in total. The summed E-state index contributed by atoms with van der Waals surface area (Å²) in [5.74, 6) is -3.46. The SMILES string of the molecule is Cc1ccc(S(=O)(=O)Nc2ccc(F)c(C(=O)C3CNc4ncccc43)c2F)cc1. The van der Waals surface area contributed by atoms with Crippen LogP contribution in [-0.4, -0.2) is 25.7 Å². The third-order valence-electron chi connectivity index (χ3n) is 4.92. The topological polar surface area (TPSA) is 88.2 Å². The smallest absolute Gasteiger partial charge is 0.261 e. The minimum Gasteiger partial charge on any atom is -0.369 e. The highest BCUT2D eigenvalue weighted by molar-refractivity contribution is 7.92. The molecule has 0 radical (unpaired) electrons. The Labute approximate surface area is 172 Å². The van der Waals surface area contributed by atoms with E-state index in [2.05, 4.69) is 15.0 Å². The quantitative estimate of drug-likeness (QED) is 0.602. The normalized spacial score (nSPS) is 15.4. The van der Waals surface area contributed by atoms with Gasteiger partial charge in [0.25, 0.3) is 10.0 Å². The van der Waals surface area contributed by atoms with Crippen molar-refractivity contribution in [1.29, 1.82) is 0 Å². The van der Waals surface area contributed by atoms with Crippen LogP contribution in [0, 0.1) is 18.6 Å². The molecule has 1 unspecified atom stereocenters. The highest BCUT2D eigenvalue weighted by Gasteiger charge is 2.34. The number of aromatic nitrogens is 1. The maximum Gasteiger partial charge on any atom is 0.261 e. The Morgan fingerprint density at radius 3 is 2.60 bits per heavy atom. The number of pyridine rings is 1. The van der Waals surface area contributed by atoms with E-state index >= 15 is 4.39 Å². The molecule has 0 aliphatic carbocycles. The lowest BCUT2D eigenvalue weighted by atomic mass is 9.92. The second-order valence-corrected chi connectivity index (χ2v) is 8.62. The van der Waals surface area contributed by atoms with Crippen LogP contribution in [0.5, 0.6) is 0 Å². The molecule has 1 aliphatic heterocycles. The maximum absolute atomic E-state index is 15.1. The molecular formula is C21H17F2N3O3S. The third kappa shape index (κ3) is 3.52. The predicted octanol–water partition coefficient (Wildman–Crippen LogP) is 3.86. The van der Waals surface area contributed by atoms with Crippen molar-refractivity contribution in [3.63, 3.8) is 0 Å². The Kier molecular flexibility index (Phi) is 4.98. The van der Waals surface area contributed by atoms with Gasteiger partial charge in [-0.05, 0) is 37.3 Å². The lowest BCUT2D eigenvalue weighted by Gasteiger charge is -2.14. The Hall–Kier alpha value is -3.33. The van der Waals surface area contributed by atoms with Crippen molar-refractivity contribution in [2.75, 3.05) is 16.6 Å². The Bertz CT molecular complexity index is 1240. The van der Waals surface area contributed by atoms with Gasteiger partial charge in [-0.1, -0.05) is 23.8 Å². The number of aryl methyl sites for hydroxylation is 1. The van der Waals surface area contributed by atoms with E-state index in [4.69, 9.17) is 0 Å². The van der Waals surface area contributed by atoms with Crippen LogP contribution in [-0.2, 0) is 10.0 Å². The number of fused-ring (bicyclic) bond motifs is 1. The highest BCUT2D eigenvalue weighted by Crippen LogP contribution is 2.34. The van der Waals surface area contributed by atoms with E-state index in [1.54, 1.807) is 37.4 Å². The second kappa shape index (κ2) is 7.49. The second-order valence-electron chi connectivity index (χ2n) is 6.94. The Morgan fingerprint density at radius 2 is 1.87 bits per heavy atom. The van der Waals surface area contributed by atoms with E-state index in [1.807, 2.05) is 0 Å². The van der Waals surface area contributed by atoms with Gasteiger partial charge in [0, 0.05) is 18.3 Å². The zero-order chi connectivity index (χ0) is 21.5. The molecule has 9 heteroatoms. The van der Waals surface area contributed by atoms with Gasteiger partial charge in [-0.2, -0.15) is 0 Å². The van der Waals surface area contributed by atoms with Gasteiger partial charge in [-0.15, -0.1) is 0 Å². The third-order valence-corrected chi connectivity index (χ3v) is 6.30. The summed E-state index contributed by atoms with van der Waals surface area (Å²) in [6, 6.07) is 11.1. The van der Waals surface area contributed by atoms with E-state index in [-0.39, 0.29) is 11.4 Å². The molecule has 2 heterocycles. The molecule has 30 heavy (non-hydrogen) atoms. The molecule has 1 aromatic heterocycles. The summed E-state index contributed by atoms with van der Waals surface area (Å²) in [6.07, 6.45) is 1.54. The van der Waals surface area contributed by atoms with Crippen LogP contribution in [0.15, 0.2) is 59.6 Å². The van der Waals surface area contributed by atoms with Crippen molar-refractivity contribution < 1.29 is 22.0 Å². The van der Waals surface area contributed by atoms with Crippen molar-refractivity contribution >= 4 is 27.3 Å². The molecule has 1 aliphatic rings. The fourth-order valence-electron chi connectivity index (χ4n) is 3.34. The van der Waals surface area contributed by atoms with E-state index < -0.39 is 44.6 Å². The molecule has 0 amide bonds. The molecule has 3 aromatic rings. The first-order valence-corrected chi connectivity index (χ1v) is 10.6. The van der Waals surface area contributed by atoms with Gasteiger partial charge in [0.1, 0.15) is 11.6 Å². The number of rotatable bonds is 5. The van der Waals surface area contributed by atoms with Gasteiger partial charge in [0.15, 0.2) is 11.6 Å². The van der Waals surface area contributed by atoms with Gasteiger partial charge in [-0.3, -0.25) is 9.52 Å². The van der Waals surface area contributed by atoms with Gasteiger partial charge in [0.05, 0.1) is 22.1 Å². The Balaban J connectivity index is 1.69. The van der Waals surface area contributed by atoms with Gasteiger partial charge >= 0.3 is 0 Å². The van der Waals surface area contributed by atoms with Crippen LogP contribution < -0.4 is 10.0 Å². The summed E-state index contributed by atoms with van der Waals surface area (Å²) in [6.45, 7) is 1.94. The van der Waals surface area contributed by atoms with Crippen LogP contribution in [0.2, 0.25) is 0 Å². The highest BCUT2D eigenvalue weighted by atomic mass is 32.2. The fraction of sp³-hybridized carbons (Fsp3) is 0.143. The molecular weight excluding hydrogens is 412 g/mol. The first-order chi connectivity index (χ1) is 14.3. The predicted molar refractivity (Wildman–Crippen MR) is 108 cm³/mol. The molecule has 4 rings (SSSR count). The molecule has 6 nitrogen and oxygen atoms in total. The fourth-order valence-corrected chi connectivity index (χ4v) is 4.40. The molecule has 2 aromatic carbocycles. The summed E-state index contributed by atoms with van der Waals surface area (Å²) in [4.78, 5) is 17.0. The zero-order valence-electron chi connectivity index (χ0n) is 15.8. The minimum atomic E-state index is -4.12. The van der Waals surface area contributed by atoms with Gasteiger partial charge < -0.3 is 5.32 Å². The summed E-state index contributed by atoms with van der Waals surface area (Å²) in [7, 11) is -4.12. The first-order valence-electron chi connectivity index (χ1n) is 9.08. The average molecular weight is 429 g/mol. The van der Waals surface area contributed by atoms with Crippen molar-refractivity contribution in [2.45, 2.75) is 17.7 Å². The molecule has 0 saturated heterocycles. The van der Waals surface area contributed by atoms with E-state index in [0.29, 0.717) is 11.4 Å². The number of sulfonamides is 1. The number of nitrogens with one attached hydrogen (secondary N) is 2. The number of ketones is 1. The van der Waals surface area contributed by atoms with E-state index in [1.165, 1.54) is 12.1 Å². The summed E-state index contributed by atoms with van der Waals surface area (Å²) >= 11 is 0. The molecule has 0 bridgehead atoms. The van der Waals surface area contributed by atoms with Crippen LogP contribution in [0.3, 0.4) is 0 Å². The standard InChI is InChI=1S/C21H17F2N3O3S/c1-12-4-6-13(7-5-12)30(28,29)26-17-9-8-16(22)18(19(17)23)20(27)15-11-25-21-14(15)3-2-10-24-21/h2-10,15,26H,11H2,1H3,(H,24,25). The largest absolute Gasteiger partial charge is 0.369 e. The molecule has 0 saturated carbocycles. The minimum absolute atomic E-state index is 0.0790. The number of halogens is 2. The van der Waals surface area contributed by atoms with Crippen molar-refractivity contribution in [3.8, 4) is 0 Å². The number of hydrogen-bond acceptors (Lipinski definition) is 5. The number of Topliss-reactive ketones (excluding diaryl/α,β-unsaturated/α-hetero) is 1. The number of anilines is 2. The van der Waals surface area contributed by atoms with E-state index in [9.17, 15) is 17.6 Å². The molecule has 1 atom stereocenters. The van der Waals surface area contributed by atoms with Gasteiger partial charge in [-0.25, -0.2) is 22.2 Å². The monoisotopic (exact) mass is 429 g/mol. The molecule has 0 spiro atoms. The van der Waals surface area contributed by atoms with Crippen LogP contribution >= 0.6 is 0 Å². The van der Waals surface area contributed by atoms with Crippen LogP contribution in [0.4, 0.5) is 20.3 Å². The summed E-state index contributed by atoms with van der Waals surface area (Å²) in [5.41, 5.74) is 0.0991. The summed E-state index contributed by atoms with van der Waals surface area (Å²) in [5, 5.41) is 2.93. The maximum atomic E-state index is 15.1. The van der Waals surface area contributed by atoms with Crippen molar-refractivity contribution in [2.24, 2.45) is 0 Å². The summed E-state index contributed by atoms with van der Waals surface area (Å²) < 4.78 is 56.8. The van der Waals surface area contributed by atoms with Crippen molar-refractivity contribution in [1.82, 2.24) is 4.98 Å². The first kappa shape index (κ1) is 20.0. The zero-order valence-corrected chi connectivity index (χ0v) is 16.6. The lowest BCUT2D eigenvalue weighted by Crippen LogP contribution is -2.20. The van der Waals surface area contributed by atoms with Crippen LogP contribution in [0.25, 0.3) is 0 Å². The van der Waals surface area contributed by atoms with Gasteiger partial charge in [0.2, 0.25) is 0 Å². The van der Waals surface area contributed by atoms with E-state index in [0.717, 1.165) is 17.7 Å². The van der Waals surface area contributed by atoms with Crippen molar-refractivity contribution in [3.05, 3.63) is 83.1 Å². The number of benzene rings is 2. The molecule has 0 fully saturated rings.